The Bertz CT molecular complexity index is 578. The van der Waals surface area contributed by atoms with E-state index in [0.717, 1.165) is 18.4 Å². The number of hydrogen-bond donors (Lipinski definition) is 1. The van der Waals surface area contributed by atoms with Crippen LogP contribution in [0, 0.1) is 0 Å². The molecule has 0 saturated carbocycles. The molecular weight excluding hydrogens is 283 g/mol. The first-order valence-corrected chi connectivity index (χ1v) is 6.58. The van der Waals surface area contributed by atoms with Crippen LogP contribution in [0.1, 0.15) is 24.0 Å². The summed E-state index contributed by atoms with van der Waals surface area (Å²) in [7, 11) is 0. The number of para-hydroxylation sites is 1. The lowest BCUT2D eigenvalue weighted by Crippen LogP contribution is -2.10. The van der Waals surface area contributed by atoms with Crippen LogP contribution in [-0.2, 0) is 19.3 Å². The quantitative estimate of drug-likeness (QED) is 0.876. The average Bonchev–Trinajstić information content (AvgIpc) is 2.90. The van der Waals surface area contributed by atoms with Crippen molar-refractivity contribution in [3.63, 3.8) is 0 Å². The number of alkyl halides is 3. The first-order chi connectivity index (χ1) is 10.0. The highest BCUT2D eigenvalue weighted by molar-refractivity contribution is 5.35. The summed E-state index contributed by atoms with van der Waals surface area (Å²) in [6.45, 7) is 3.32. The molecule has 6 heteroatoms. The first kappa shape index (κ1) is 15.4. The normalized spacial score (nSPS) is 11.6. The molecule has 0 bridgehead atoms. The number of rotatable bonds is 6. The molecule has 0 aliphatic heterocycles. The fraction of sp³-hybridized carbons (Fsp3) is 0.333. The maximum atomic E-state index is 12.8. The Morgan fingerprint density at radius 2 is 1.81 bits per heavy atom. The lowest BCUT2D eigenvalue weighted by molar-refractivity contribution is -0.139. The number of hydrogen-bond acceptors (Lipinski definition) is 3. The van der Waals surface area contributed by atoms with E-state index in [9.17, 15) is 13.2 Å². The van der Waals surface area contributed by atoms with Crippen LogP contribution in [0.3, 0.4) is 0 Å². The summed E-state index contributed by atoms with van der Waals surface area (Å²) in [5.41, 5.74) is -0.788. The van der Waals surface area contributed by atoms with E-state index in [-0.39, 0.29) is 12.4 Å². The van der Waals surface area contributed by atoms with E-state index in [2.05, 4.69) is 5.32 Å². The minimum absolute atomic E-state index is 0.0424. The summed E-state index contributed by atoms with van der Waals surface area (Å²) in [4.78, 5) is 0. The average molecular weight is 299 g/mol. The van der Waals surface area contributed by atoms with Gasteiger partial charge in [0.15, 0.2) is 0 Å². The molecule has 1 N–H and O–H groups in total. The largest absolute Gasteiger partial charge is 0.485 e. The van der Waals surface area contributed by atoms with Crippen LogP contribution in [-0.4, -0.2) is 6.54 Å². The Morgan fingerprint density at radius 3 is 2.52 bits per heavy atom. The van der Waals surface area contributed by atoms with Crippen molar-refractivity contribution in [2.75, 3.05) is 6.54 Å². The number of halogens is 3. The van der Waals surface area contributed by atoms with Gasteiger partial charge in [0.2, 0.25) is 0 Å². The molecule has 2 rings (SSSR count). The van der Waals surface area contributed by atoms with Crippen molar-refractivity contribution in [1.29, 1.82) is 0 Å². The van der Waals surface area contributed by atoms with Crippen LogP contribution in [0.5, 0.6) is 5.75 Å². The summed E-state index contributed by atoms with van der Waals surface area (Å²) in [5, 5.41) is 3.10. The Morgan fingerprint density at radius 1 is 1.10 bits per heavy atom. The predicted octanol–water partition coefficient (Wildman–Crippen LogP) is 3.99. The molecule has 0 fully saturated rings. The minimum Gasteiger partial charge on any atom is -0.485 e. The fourth-order valence-corrected chi connectivity index (χ4v) is 1.82. The molecule has 0 spiro atoms. The van der Waals surface area contributed by atoms with Crippen LogP contribution in [0.25, 0.3) is 0 Å². The first-order valence-electron chi connectivity index (χ1n) is 6.58. The van der Waals surface area contributed by atoms with E-state index in [1.807, 2.05) is 6.92 Å². The molecule has 114 valence electrons. The molecule has 2 aromatic rings. The SMILES string of the molecule is CCNCc1ccc(COc2ccccc2C(F)(F)F)o1. The van der Waals surface area contributed by atoms with Gasteiger partial charge in [-0.05, 0) is 30.8 Å². The second kappa shape index (κ2) is 6.67. The van der Waals surface area contributed by atoms with E-state index in [0.29, 0.717) is 12.3 Å². The van der Waals surface area contributed by atoms with Crippen molar-refractivity contribution in [3.8, 4) is 5.75 Å². The third-order valence-electron chi connectivity index (χ3n) is 2.83. The highest BCUT2D eigenvalue weighted by Crippen LogP contribution is 2.36. The molecule has 0 amide bonds. The smallest absolute Gasteiger partial charge is 0.419 e. The highest BCUT2D eigenvalue weighted by Gasteiger charge is 2.34. The molecule has 0 saturated heterocycles. The molecule has 0 atom stereocenters. The zero-order valence-electron chi connectivity index (χ0n) is 11.5. The Labute approximate surface area is 120 Å². The van der Waals surface area contributed by atoms with Crippen LogP contribution >= 0.6 is 0 Å². The van der Waals surface area contributed by atoms with Gasteiger partial charge in [-0.25, -0.2) is 0 Å². The zero-order chi connectivity index (χ0) is 15.3. The Kier molecular flexibility index (Phi) is 4.90. The van der Waals surface area contributed by atoms with Crippen LogP contribution < -0.4 is 10.1 Å². The van der Waals surface area contributed by atoms with Crippen molar-refractivity contribution in [2.45, 2.75) is 26.3 Å². The lowest BCUT2D eigenvalue weighted by Gasteiger charge is -2.12. The number of nitrogens with one attached hydrogen (secondary N) is 1. The van der Waals surface area contributed by atoms with E-state index in [4.69, 9.17) is 9.15 Å². The molecule has 1 aromatic carbocycles. The molecule has 1 heterocycles. The zero-order valence-corrected chi connectivity index (χ0v) is 11.5. The third-order valence-corrected chi connectivity index (χ3v) is 2.83. The van der Waals surface area contributed by atoms with Crippen molar-refractivity contribution >= 4 is 0 Å². The van der Waals surface area contributed by atoms with E-state index in [1.165, 1.54) is 18.2 Å². The molecule has 3 nitrogen and oxygen atoms in total. The summed E-state index contributed by atoms with van der Waals surface area (Å²) in [6.07, 6.45) is -4.43. The Balaban J connectivity index is 2.02. The standard InChI is InChI=1S/C15H16F3NO2/c1-2-19-9-11-7-8-12(21-11)10-20-14-6-4-3-5-13(14)15(16,17)18/h3-8,19H,2,9-10H2,1H3. The third kappa shape index (κ3) is 4.26. The highest BCUT2D eigenvalue weighted by atomic mass is 19.4. The number of benzene rings is 1. The number of furan rings is 1. The molecule has 0 aliphatic rings. The second-order valence-electron chi connectivity index (χ2n) is 4.43. The van der Waals surface area contributed by atoms with Crippen molar-refractivity contribution in [2.24, 2.45) is 0 Å². The lowest BCUT2D eigenvalue weighted by atomic mass is 10.2. The Hall–Kier alpha value is -1.95. The molecule has 0 unspecified atom stereocenters. The predicted molar refractivity (Wildman–Crippen MR) is 71.9 cm³/mol. The van der Waals surface area contributed by atoms with Gasteiger partial charge in [-0.15, -0.1) is 0 Å². The summed E-state index contributed by atoms with van der Waals surface area (Å²) in [6, 6.07) is 8.60. The van der Waals surface area contributed by atoms with Crippen LogP contribution in [0.2, 0.25) is 0 Å². The monoisotopic (exact) mass is 299 g/mol. The van der Waals surface area contributed by atoms with Gasteiger partial charge in [0.05, 0.1) is 12.1 Å². The van der Waals surface area contributed by atoms with Crippen molar-refractivity contribution < 1.29 is 22.3 Å². The van der Waals surface area contributed by atoms with Crippen LogP contribution in [0.4, 0.5) is 13.2 Å². The van der Waals surface area contributed by atoms with E-state index in [1.54, 1.807) is 12.1 Å². The maximum Gasteiger partial charge on any atom is 0.419 e. The van der Waals surface area contributed by atoms with Gasteiger partial charge in [0, 0.05) is 0 Å². The molecular formula is C15H16F3NO2. The van der Waals surface area contributed by atoms with Gasteiger partial charge in [0.1, 0.15) is 23.9 Å². The molecule has 21 heavy (non-hydrogen) atoms. The van der Waals surface area contributed by atoms with Gasteiger partial charge in [-0.2, -0.15) is 13.2 Å². The maximum absolute atomic E-state index is 12.8. The molecule has 0 aliphatic carbocycles. The topological polar surface area (TPSA) is 34.4 Å². The van der Waals surface area contributed by atoms with Gasteiger partial charge < -0.3 is 14.5 Å². The van der Waals surface area contributed by atoms with Crippen molar-refractivity contribution in [1.82, 2.24) is 5.32 Å². The molecule has 0 radical (unpaired) electrons. The van der Waals surface area contributed by atoms with E-state index < -0.39 is 11.7 Å². The second-order valence-corrected chi connectivity index (χ2v) is 4.43. The van der Waals surface area contributed by atoms with Crippen LogP contribution in [0.15, 0.2) is 40.8 Å². The summed E-state index contributed by atoms with van der Waals surface area (Å²) in [5.74, 6) is 1.01. The van der Waals surface area contributed by atoms with Gasteiger partial charge >= 0.3 is 6.18 Å². The molecule has 1 aromatic heterocycles. The van der Waals surface area contributed by atoms with E-state index >= 15 is 0 Å². The van der Waals surface area contributed by atoms with Crippen molar-refractivity contribution in [3.05, 3.63) is 53.5 Å². The summed E-state index contributed by atoms with van der Waals surface area (Å²) >= 11 is 0. The van der Waals surface area contributed by atoms with Gasteiger partial charge in [0.25, 0.3) is 0 Å². The minimum atomic E-state index is -4.43. The van der Waals surface area contributed by atoms with Gasteiger partial charge in [-0.1, -0.05) is 19.1 Å². The van der Waals surface area contributed by atoms with Gasteiger partial charge in [-0.3, -0.25) is 0 Å². The fourth-order valence-electron chi connectivity index (χ4n) is 1.82. The summed E-state index contributed by atoms with van der Waals surface area (Å²) < 4.78 is 49.1. The number of ether oxygens (including phenoxy) is 1.